The van der Waals surface area contributed by atoms with Crippen LogP contribution in [0.2, 0.25) is 0 Å². The fraction of sp³-hybridized carbons (Fsp3) is 0. The van der Waals surface area contributed by atoms with E-state index in [1.807, 2.05) is 66.7 Å². The van der Waals surface area contributed by atoms with Gasteiger partial charge in [-0.1, -0.05) is 127 Å². The van der Waals surface area contributed by atoms with E-state index in [4.69, 9.17) is 23.8 Å². The van der Waals surface area contributed by atoms with Gasteiger partial charge in [-0.2, -0.15) is 0 Å². The van der Waals surface area contributed by atoms with Gasteiger partial charge in [0.2, 0.25) is 0 Å². The van der Waals surface area contributed by atoms with Crippen molar-refractivity contribution in [1.82, 2.24) is 15.0 Å². The molecule has 0 saturated heterocycles. The Balaban J connectivity index is 1.16. The summed E-state index contributed by atoms with van der Waals surface area (Å²) >= 11 is 0. The molecule has 5 nitrogen and oxygen atoms in total. The first-order valence-electron chi connectivity index (χ1n) is 17.3. The van der Waals surface area contributed by atoms with E-state index < -0.39 is 0 Å². The summed E-state index contributed by atoms with van der Waals surface area (Å²) in [7, 11) is 0. The van der Waals surface area contributed by atoms with Crippen molar-refractivity contribution in [3.63, 3.8) is 0 Å². The minimum absolute atomic E-state index is 0.584. The molecule has 0 aliphatic heterocycles. The molecule has 8 aromatic carbocycles. The van der Waals surface area contributed by atoms with Gasteiger partial charge in [0.1, 0.15) is 22.3 Å². The Bertz CT molecular complexity index is 3190. The van der Waals surface area contributed by atoms with Crippen molar-refractivity contribution in [3.05, 3.63) is 164 Å². The Labute approximate surface area is 297 Å². The molecule has 0 atom stereocenters. The second kappa shape index (κ2) is 11.2. The average Bonchev–Trinajstić information content (AvgIpc) is 3.79. The van der Waals surface area contributed by atoms with Crippen LogP contribution < -0.4 is 0 Å². The van der Waals surface area contributed by atoms with Crippen LogP contribution in [-0.4, -0.2) is 15.0 Å². The van der Waals surface area contributed by atoms with Crippen LogP contribution in [-0.2, 0) is 0 Å². The van der Waals surface area contributed by atoms with Crippen LogP contribution in [0.1, 0.15) is 0 Å². The molecule has 11 rings (SSSR count). The molecule has 3 aromatic heterocycles. The highest BCUT2D eigenvalue weighted by molar-refractivity contribution is 6.18. The lowest BCUT2D eigenvalue weighted by atomic mass is 9.96. The van der Waals surface area contributed by atoms with Crippen molar-refractivity contribution >= 4 is 65.4 Å². The third-order valence-electron chi connectivity index (χ3n) is 10.1. The van der Waals surface area contributed by atoms with Gasteiger partial charge in [-0.15, -0.1) is 0 Å². The SMILES string of the molecule is c1ccc(-c2nc(-c3ccc4ccc5ccccc5c4c3)nc(-c3cccc4oc5cccc(-c6ccc7oc8ccccc8c7c6)c5c34)n2)cc1. The molecule has 52 heavy (non-hydrogen) atoms. The summed E-state index contributed by atoms with van der Waals surface area (Å²) in [6, 6.07) is 56.3. The van der Waals surface area contributed by atoms with Crippen molar-refractivity contribution in [2.75, 3.05) is 0 Å². The molecule has 0 bridgehead atoms. The lowest BCUT2D eigenvalue weighted by Gasteiger charge is -2.11. The Morgan fingerprint density at radius 3 is 1.71 bits per heavy atom. The Kier molecular flexibility index (Phi) is 6.18. The van der Waals surface area contributed by atoms with Gasteiger partial charge in [-0.05, 0) is 69.1 Å². The van der Waals surface area contributed by atoms with Crippen molar-refractivity contribution in [2.45, 2.75) is 0 Å². The highest BCUT2D eigenvalue weighted by atomic mass is 16.3. The lowest BCUT2D eigenvalue weighted by Crippen LogP contribution is -2.00. The van der Waals surface area contributed by atoms with Gasteiger partial charge in [0.25, 0.3) is 0 Å². The Morgan fingerprint density at radius 2 is 0.865 bits per heavy atom. The van der Waals surface area contributed by atoms with Crippen LogP contribution in [0, 0.1) is 0 Å². The number of furan rings is 2. The summed E-state index contributed by atoms with van der Waals surface area (Å²) in [6.07, 6.45) is 0. The van der Waals surface area contributed by atoms with Gasteiger partial charge in [0, 0.05) is 38.2 Å². The number of nitrogens with zero attached hydrogens (tertiary/aromatic N) is 3. The fourth-order valence-electron chi connectivity index (χ4n) is 7.67. The number of fused-ring (bicyclic) bond motifs is 9. The van der Waals surface area contributed by atoms with Gasteiger partial charge in [-0.3, -0.25) is 0 Å². The third-order valence-corrected chi connectivity index (χ3v) is 10.1. The molecule has 11 aromatic rings. The van der Waals surface area contributed by atoms with Crippen LogP contribution >= 0.6 is 0 Å². The lowest BCUT2D eigenvalue weighted by molar-refractivity contribution is 0.669. The van der Waals surface area contributed by atoms with Gasteiger partial charge >= 0.3 is 0 Å². The summed E-state index contributed by atoms with van der Waals surface area (Å²) in [6.45, 7) is 0. The van der Waals surface area contributed by atoms with Gasteiger partial charge < -0.3 is 8.83 Å². The minimum Gasteiger partial charge on any atom is -0.456 e. The van der Waals surface area contributed by atoms with E-state index in [9.17, 15) is 0 Å². The quantitative estimate of drug-likeness (QED) is 0.175. The van der Waals surface area contributed by atoms with E-state index in [0.29, 0.717) is 17.5 Å². The molecule has 0 saturated carbocycles. The second-order valence-corrected chi connectivity index (χ2v) is 13.2. The van der Waals surface area contributed by atoms with Crippen LogP contribution in [0.4, 0.5) is 0 Å². The molecule has 0 amide bonds. The molecular formula is C47H27N3O2. The molecule has 0 unspecified atom stereocenters. The summed E-state index contributed by atoms with van der Waals surface area (Å²) in [4.78, 5) is 15.4. The average molecular weight is 666 g/mol. The molecule has 0 N–H and O–H groups in total. The first kappa shape index (κ1) is 28.7. The van der Waals surface area contributed by atoms with Crippen LogP contribution in [0.5, 0.6) is 0 Å². The zero-order chi connectivity index (χ0) is 34.2. The maximum Gasteiger partial charge on any atom is 0.164 e. The molecule has 0 aliphatic carbocycles. The van der Waals surface area contributed by atoms with Crippen molar-refractivity contribution in [3.8, 4) is 45.3 Å². The largest absolute Gasteiger partial charge is 0.456 e. The smallest absolute Gasteiger partial charge is 0.164 e. The molecular weight excluding hydrogens is 639 g/mol. The first-order chi connectivity index (χ1) is 25.7. The third kappa shape index (κ3) is 4.46. The number of para-hydroxylation sites is 1. The summed E-state index contributed by atoms with van der Waals surface area (Å²) < 4.78 is 12.7. The Hall–Kier alpha value is -7.11. The van der Waals surface area contributed by atoms with E-state index in [-0.39, 0.29) is 0 Å². The van der Waals surface area contributed by atoms with Crippen LogP contribution in [0.25, 0.3) is 111 Å². The van der Waals surface area contributed by atoms with Gasteiger partial charge in [0.05, 0.1) is 0 Å². The zero-order valence-electron chi connectivity index (χ0n) is 27.7. The van der Waals surface area contributed by atoms with E-state index in [1.54, 1.807) is 0 Å². The minimum atomic E-state index is 0.584. The van der Waals surface area contributed by atoms with E-state index in [0.717, 1.165) is 77.1 Å². The summed E-state index contributed by atoms with van der Waals surface area (Å²) in [5.41, 5.74) is 8.18. The van der Waals surface area contributed by atoms with Crippen molar-refractivity contribution < 1.29 is 8.83 Å². The highest BCUT2D eigenvalue weighted by Gasteiger charge is 2.21. The second-order valence-electron chi connectivity index (χ2n) is 13.2. The highest BCUT2D eigenvalue weighted by Crippen LogP contribution is 2.42. The maximum absolute atomic E-state index is 6.55. The van der Waals surface area contributed by atoms with E-state index in [2.05, 4.69) is 97.1 Å². The van der Waals surface area contributed by atoms with Crippen molar-refractivity contribution in [2.24, 2.45) is 0 Å². The fourth-order valence-corrected chi connectivity index (χ4v) is 7.67. The molecule has 0 spiro atoms. The molecule has 242 valence electrons. The van der Waals surface area contributed by atoms with E-state index >= 15 is 0 Å². The van der Waals surface area contributed by atoms with Gasteiger partial charge in [-0.25, -0.2) is 15.0 Å². The summed E-state index contributed by atoms with van der Waals surface area (Å²) in [5.74, 6) is 1.81. The molecule has 0 radical (unpaired) electrons. The predicted molar refractivity (Wildman–Crippen MR) is 211 cm³/mol. The standard InChI is InChI=1S/C47H27N3O2/c1-2-11-30(12-3-1)45-48-46(32-23-22-29-21-20-28-10-4-5-13-33(28)37(29)27-32)50-47(49-45)36-16-9-19-42-44(36)43-34(15-8-18-41(43)52-42)31-24-25-40-38(26-31)35-14-6-7-17-39(35)51-40/h1-27H. The molecule has 0 fully saturated rings. The molecule has 0 aliphatic rings. The number of aromatic nitrogens is 3. The van der Waals surface area contributed by atoms with Crippen LogP contribution in [0.15, 0.2) is 173 Å². The molecule has 5 heteroatoms. The molecule has 3 heterocycles. The number of benzene rings is 8. The number of hydrogen-bond donors (Lipinski definition) is 0. The van der Waals surface area contributed by atoms with E-state index in [1.165, 1.54) is 16.2 Å². The normalized spacial score (nSPS) is 11.8. The first-order valence-corrected chi connectivity index (χ1v) is 17.3. The summed E-state index contributed by atoms with van der Waals surface area (Å²) in [5, 5.41) is 8.88. The van der Waals surface area contributed by atoms with Crippen LogP contribution in [0.3, 0.4) is 0 Å². The van der Waals surface area contributed by atoms with Crippen molar-refractivity contribution in [1.29, 1.82) is 0 Å². The monoisotopic (exact) mass is 665 g/mol. The topological polar surface area (TPSA) is 65.0 Å². The number of rotatable bonds is 4. The number of hydrogen-bond acceptors (Lipinski definition) is 5. The Morgan fingerprint density at radius 1 is 0.308 bits per heavy atom. The zero-order valence-corrected chi connectivity index (χ0v) is 27.7. The van der Waals surface area contributed by atoms with Gasteiger partial charge in [0.15, 0.2) is 17.5 Å². The predicted octanol–water partition coefficient (Wildman–Crippen LogP) is 12.6. The maximum atomic E-state index is 6.55.